The first kappa shape index (κ1) is 12.1. The molecule has 0 amide bonds. The Labute approximate surface area is 99.4 Å². The fraction of sp³-hybridized carbons (Fsp3) is 0.929. The highest BCUT2D eigenvalue weighted by Gasteiger charge is 2.31. The summed E-state index contributed by atoms with van der Waals surface area (Å²) in [4.78, 5) is 13.5. The lowest BCUT2D eigenvalue weighted by Gasteiger charge is -2.42. The minimum atomic E-state index is 0.307. The number of likely N-dealkylation sites (tertiary alicyclic amines) is 1. The number of aldehydes is 1. The van der Waals surface area contributed by atoms with Gasteiger partial charge in [-0.25, -0.2) is 0 Å². The molecule has 3 atom stereocenters. The number of rotatable bonds is 2. The van der Waals surface area contributed by atoms with Gasteiger partial charge in [0.1, 0.15) is 6.29 Å². The Kier molecular flexibility index (Phi) is 4.01. The van der Waals surface area contributed by atoms with Gasteiger partial charge in [-0.2, -0.15) is 0 Å². The van der Waals surface area contributed by atoms with Crippen molar-refractivity contribution in [3.05, 3.63) is 0 Å². The van der Waals surface area contributed by atoms with Crippen molar-refractivity contribution < 1.29 is 4.79 Å². The van der Waals surface area contributed by atoms with E-state index >= 15 is 0 Å². The van der Waals surface area contributed by atoms with Crippen LogP contribution in [0.3, 0.4) is 0 Å². The van der Waals surface area contributed by atoms with Crippen LogP contribution in [0.1, 0.15) is 46.0 Å². The molecule has 2 heteroatoms. The summed E-state index contributed by atoms with van der Waals surface area (Å²) in [7, 11) is 0. The summed E-state index contributed by atoms with van der Waals surface area (Å²) in [5, 5.41) is 0. The van der Waals surface area contributed by atoms with E-state index in [0.29, 0.717) is 5.92 Å². The molecule has 0 radical (unpaired) electrons. The molecule has 2 aliphatic rings. The van der Waals surface area contributed by atoms with Gasteiger partial charge < -0.3 is 4.79 Å². The fourth-order valence-corrected chi connectivity index (χ4v) is 3.69. The Bertz CT molecular complexity index is 231. The molecule has 1 saturated heterocycles. The predicted octanol–water partition coefficient (Wildman–Crippen LogP) is 2.72. The van der Waals surface area contributed by atoms with E-state index in [4.69, 9.17) is 0 Å². The summed E-state index contributed by atoms with van der Waals surface area (Å²) in [6, 6.07) is 0.751. The standard InChI is InChI=1S/C14H25NO/c1-11-6-12(2)8-14(7-11)15-5-3-4-13(9-15)10-16/h10-14H,3-9H2,1-2H3. The summed E-state index contributed by atoms with van der Waals surface area (Å²) in [6.07, 6.45) is 7.57. The molecule has 0 aromatic heterocycles. The van der Waals surface area contributed by atoms with Gasteiger partial charge in [-0.3, -0.25) is 4.90 Å². The Morgan fingerprint density at radius 2 is 1.81 bits per heavy atom. The van der Waals surface area contributed by atoms with Crippen LogP contribution in [-0.4, -0.2) is 30.3 Å². The van der Waals surface area contributed by atoms with Crippen LogP contribution in [0.4, 0.5) is 0 Å². The van der Waals surface area contributed by atoms with Gasteiger partial charge in [-0.15, -0.1) is 0 Å². The average Bonchev–Trinajstić information content (AvgIpc) is 2.28. The van der Waals surface area contributed by atoms with E-state index in [1.807, 2.05) is 0 Å². The number of carbonyl (C=O) groups excluding carboxylic acids is 1. The van der Waals surface area contributed by atoms with Gasteiger partial charge in [0.05, 0.1) is 0 Å². The SMILES string of the molecule is CC1CC(C)CC(N2CCCC(C=O)C2)C1. The maximum absolute atomic E-state index is 10.9. The molecular formula is C14H25NO. The molecule has 1 aliphatic carbocycles. The van der Waals surface area contributed by atoms with Crippen molar-refractivity contribution in [3.8, 4) is 0 Å². The smallest absolute Gasteiger partial charge is 0.124 e. The zero-order valence-corrected chi connectivity index (χ0v) is 10.7. The summed E-state index contributed by atoms with van der Waals surface area (Å²) in [5.74, 6) is 2.04. The number of piperidine rings is 1. The summed E-state index contributed by atoms with van der Waals surface area (Å²) < 4.78 is 0. The van der Waals surface area contributed by atoms with Gasteiger partial charge in [0.25, 0.3) is 0 Å². The van der Waals surface area contributed by atoms with Crippen LogP contribution in [0.5, 0.6) is 0 Å². The van der Waals surface area contributed by atoms with E-state index < -0.39 is 0 Å². The van der Waals surface area contributed by atoms with Crippen molar-refractivity contribution in [1.29, 1.82) is 0 Å². The number of hydrogen-bond donors (Lipinski definition) is 0. The Balaban J connectivity index is 1.92. The van der Waals surface area contributed by atoms with Crippen molar-refractivity contribution in [2.45, 2.75) is 52.0 Å². The highest BCUT2D eigenvalue weighted by molar-refractivity contribution is 5.53. The van der Waals surface area contributed by atoms with Gasteiger partial charge in [-0.05, 0) is 50.5 Å². The van der Waals surface area contributed by atoms with Crippen LogP contribution in [0.2, 0.25) is 0 Å². The second kappa shape index (κ2) is 5.31. The van der Waals surface area contributed by atoms with E-state index in [1.54, 1.807) is 0 Å². The van der Waals surface area contributed by atoms with E-state index in [-0.39, 0.29) is 0 Å². The third-order valence-electron chi connectivity index (χ3n) is 4.35. The van der Waals surface area contributed by atoms with E-state index in [2.05, 4.69) is 18.7 Å². The molecule has 3 unspecified atom stereocenters. The molecule has 92 valence electrons. The average molecular weight is 223 g/mol. The summed E-state index contributed by atoms with van der Waals surface area (Å²) in [5.41, 5.74) is 0. The molecule has 1 heterocycles. The molecule has 0 spiro atoms. The first-order chi connectivity index (χ1) is 7.69. The maximum Gasteiger partial charge on any atom is 0.124 e. The molecule has 2 nitrogen and oxygen atoms in total. The molecule has 0 aromatic carbocycles. The fourth-order valence-electron chi connectivity index (χ4n) is 3.69. The number of hydrogen-bond acceptors (Lipinski definition) is 2. The van der Waals surface area contributed by atoms with E-state index in [9.17, 15) is 4.79 Å². The van der Waals surface area contributed by atoms with Crippen LogP contribution in [0.15, 0.2) is 0 Å². The monoisotopic (exact) mass is 223 g/mol. The molecule has 0 N–H and O–H groups in total. The molecule has 1 saturated carbocycles. The van der Waals surface area contributed by atoms with Crippen LogP contribution in [0, 0.1) is 17.8 Å². The summed E-state index contributed by atoms with van der Waals surface area (Å²) in [6.45, 7) is 7.00. The normalized spacial score (nSPS) is 41.9. The van der Waals surface area contributed by atoms with Crippen LogP contribution in [0.25, 0.3) is 0 Å². The van der Waals surface area contributed by atoms with Crippen molar-refractivity contribution in [1.82, 2.24) is 4.90 Å². The Hall–Kier alpha value is -0.370. The lowest BCUT2D eigenvalue weighted by molar-refractivity contribution is -0.113. The molecule has 0 bridgehead atoms. The van der Waals surface area contributed by atoms with Gasteiger partial charge in [0.15, 0.2) is 0 Å². The van der Waals surface area contributed by atoms with E-state index in [1.165, 1.54) is 38.5 Å². The van der Waals surface area contributed by atoms with Crippen molar-refractivity contribution in [2.75, 3.05) is 13.1 Å². The van der Waals surface area contributed by atoms with Crippen molar-refractivity contribution >= 4 is 6.29 Å². The highest BCUT2D eigenvalue weighted by atomic mass is 16.1. The Morgan fingerprint density at radius 1 is 1.12 bits per heavy atom. The highest BCUT2D eigenvalue weighted by Crippen LogP contribution is 2.33. The number of nitrogens with zero attached hydrogens (tertiary/aromatic N) is 1. The van der Waals surface area contributed by atoms with Crippen molar-refractivity contribution in [3.63, 3.8) is 0 Å². The first-order valence-electron chi connectivity index (χ1n) is 6.88. The lowest BCUT2D eigenvalue weighted by Crippen LogP contribution is -2.46. The molecule has 2 fully saturated rings. The number of carbonyl (C=O) groups is 1. The van der Waals surface area contributed by atoms with Crippen LogP contribution >= 0.6 is 0 Å². The topological polar surface area (TPSA) is 20.3 Å². The third kappa shape index (κ3) is 2.85. The molecule has 2 rings (SSSR count). The third-order valence-corrected chi connectivity index (χ3v) is 4.35. The minimum Gasteiger partial charge on any atom is -0.303 e. The molecular weight excluding hydrogens is 198 g/mol. The van der Waals surface area contributed by atoms with Gasteiger partial charge in [-0.1, -0.05) is 13.8 Å². The first-order valence-corrected chi connectivity index (χ1v) is 6.88. The second-order valence-electron chi connectivity index (χ2n) is 6.10. The quantitative estimate of drug-likeness (QED) is 0.671. The molecule has 0 aromatic rings. The zero-order chi connectivity index (χ0) is 11.5. The van der Waals surface area contributed by atoms with Gasteiger partial charge in [0, 0.05) is 18.5 Å². The maximum atomic E-state index is 10.9. The van der Waals surface area contributed by atoms with Crippen LogP contribution in [-0.2, 0) is 4.79 Å². The van der Waals surface area contributed by atoms with E-state index in [0.717, 1.165) is 30.8 Å². The van der Waals surface area contributed by atoms with Crippen LogP contribution < -0.4 is 0 Å². The lowest BCUT2D eigenvalue weighted by atomic mass is 9.79. The minimum absolute atomic E-state index is 0.307. The zero-order valence-electron chi connectivity index (χ0n) is 10.7. The largest absolute Gasteiger partial charge is 0.303 e. The second-order valence-corrected chi connectivity index (χ2v) is 6.10. The van der Waals surface area contributed by atoms with Gasteiger partial charge >= 0.3 is 0 Å². The summed E-state index contributed by atoms with van der Waals surface area (Å²) >= 11 is 0. The van der Waals surface area contributed by atoms with Crippen molar-refractivity contribution in [2.24, 2.45) is 17.8 Å². The molecule has 16 heavy (non-hydrogen) atoms. The van der Waals surface area contributed by atoms with Gasteiger partial charge in [0.2, 0.25) is 0 Å². The predicted molar refractivity (Wildman–Crippen MR) is 66.3 cm³/mol. The Morgan fingerprint density at radius 3 is 2.44 bits per heavy atom. The molecule has 1 aliphatic heterocycles.